The Balaban J connectivity index is 1.29. The van der Waals surface area contributed by atoms with E-state index in [9.17, 15) is 8.78 Å². The lowest BCUT2D eigenvalue weighted by atomic mass is 9.75. The molecule has 3 rings (SSSR count). The van der Waals surface area contributed by atoms with Crippen molar-refractivity contribution in [3.63, 3.8) is 0 Å². The van der Waals surface area contributed by atoms with Crippen LogP contribution < -0.4 is 9.47 Å². The average molecular weight is 449 g/mol. The third kappa shape index (κ3) is 7.78. The highest BCUT2D eigenvalue weighted by Crippen LogP contribution is 2.44. The zero-order valence-electron chi connectivity index (χ0n) is 20.0. The fourth-order valence-corrected chi connectivity index (χ4v) is 5.43. The van der Waals surface area contributed by atoms with Gasteiger partial charge in [0.2, 0.25) is 0 Å². The molecule has 0 N–H and O–H groups in total. The van der Waals surface area contributed by atoms with Gasteiger partial charge in [-0.05, 0) is 107 Å². The minimum absolute atomic E-state index is 0.102. The molecule has 0 saturated heterocycles. The maximum absolute atomic E-state index is 14.3. The van der Waals surface area contributed by atoms with E-state index in [1.54, 1.807) is 0 Å². The van der Waals surface area contributed by atoms with E-state index in [0.29, 0.717) is 31.3 Å². The van der Waals surface area contributed by atoms with Gasteiger partial charge in [-0.2, -0.15) is 0 Å². The number of rotatable bonds is 11. The van der Waals surface area contributed by atoms with E-state index >= 15 is 0 Å². The standard InChI is InChI=1S/C28H42F2O2/c1-3-7-25-15-14-23(20-28(25,29)30)9-6-5-8-22-10-12-24(13-11-22)21-32-27-18-16-26(17-19-27)31-4-2/h5,8,16-19,22-25H,3-4,6-7,9-15,20-21H2,1-2H3/b8-5+. The second-order valence-electron chi connectivity index (χ2n) is 9.90. The Hall–Kier alpha value is -1.58. The molecule has 2 aliphatic rings. The largest absolute Gasteiger partial charge is 0.494 e. The van der Waals surface area contributed by atoms with Gasteiger partial charge in [0.05, 0.1) is 13.2 Å². The molecule has 0 aliphatic heterocycles. The first-order valence-electron chi connectivity index (χ1n) is 12.9. The molecule has 2 saturated carbocycles. The molecule has 180 valence electrons. The van der Waals surface area contributed by atoms with Crippen LogP contribution in [0.25, 0.3) is 0 Å². The summed E-state index contributed by atoms with van der Waals surface area (Å²) in [5.41, 5.74) is 0. The van der Waals surface area contributed by atoms with Crippen LogP contribution in [0.3, 0.4) is 0 Å². The normalized spacial score (nSPS) is 28.0. The molecule has 0 spiro atoms. The van der Waals surface area contributed by atoms with Crippen molar-refractivity contribution in [1.29, 1.82) is 0 Å². The Bertz CT molecular complexity index is 677. The number of ether oxygens (including phenoxy) is 2. The molecule has 0 heterocycles. The molecule has 0 bridgehead atoms. The van der Waals surface area contributed by atoms with E-state index in [2.05, 4.69) is 12.2 Å². The highest BCUT2D eigenvalue weighted by Gasteiger charge is 2.43. The van der Waals surface area contributed by atoms with Gasteiger partial charge in [0.1, 0.15) is 11.5 Å². The van der Waals surface area contributed by atoms with Crippen LogP contribution in [0.4, 0.5) is 8.78 Å². The number of benzene rings is 1. The van der Waals surface area contributed by atoms with Gasteiger partial charge in [0, 0.05) is 12.3 Å². The summed E-state index contributed by atoms with van der Waals surface area (Å²) in [6.45, 7) is 5.44. The molecule has 1 aromatic carbocycles. The van der Waals surface area contributed by atoms with E-state index in [1.165, 1.54) is 25.7 Å². The van der Waals surface area contributed by atoms with Gasteiger partial charge in [-0.15, -0.1) is 0 Å². The Morgan fingerprint density at radius 2 is 1.53 bits per heavy atom. The molecule has 2 unspecified atom stereocenters. The minimum atomic E-state index is -2.45. The predicted molar refractivity (Wildman–Crippen MR) is 128 cm³/mol. The molecule has 0 amide bonds. The van der Waals surface area contributed by atoms with E-state index < -0.39 is 5.92 Å². The second-order valence-corrected chi connectivity index (χ2v) is 9.90. The molecule has 0 radical (unpaired) electrons. The van der Waals surface area contributed by atoms with Crippen LogP contribution in [-0.2, 0) is 0 Å². The number of alkyl halides is 2. The highest BCUT2D eigenvalue weighted by molar-refractivity contribution is 5.31. The number of allylic oxidation sites excluding steroid dienone is 2. The third-order valence-corrected chi connectivity index (χ3v) is 7.38. The lowest BCUT2D eigenvalue weighted by molar-refractivity contribution is -0.105. The van der Waals surface area contributed by atoms with Crippen LogP contribution in [0.15, 0.2) is 36.4 Å². The van der Waals surface area contributed by atoms with E-state index in [4.69, 9.17) is 9.47 Å². The van der Waals surface area contributed by atoms with Gasteiger partial charge in [-0.1, -0.05) is 25.5 Å². The van der Waals surface area contributed by atoms with E-state index in [1.807, 2.05) is 38.1 Å². The lowest BCUT2D eigenvalue weighted by Gasteiger charge is -2.36. The summed E-state index contributed by atoms with van der Waals surface area (Å²) in [4.78, 5) is 0. The summed E-state index contributed by atoms with van der Waals surface area (Å²) < 4.78 is 40.1. The molecule has 4 heteroatoms. The Kier molecular flexibility index (Phi) is 9.87. The van der Waals surface area contributed by atoms with Crippen molar-refractivity contribution in [3.05, 3.63) is 36.4 Å². The highest BCUT2D eigenvalue weighted by atomic mass is 19.3. The molecule has 2 aliphatic carbocycles. The van der Waals surface area contributed by atoms with Crippen molar-refractivity contribution in [2.45, 2.75) is 90.4 Å². The van der Waals surface area contributed by atoms with Crippen LogP contribution in [0.1, 0.15) is 84.5 Å². The van der Waals surface area contributed by atoms with Gasteiger partial charge in [-0.3, -0.25) is 0 Å². The summed E-state index contributed by atoms with van der Waals surface area (Å²) in [6.07, 6.45) is 14.6. The summed E-state index contributed by atoms with van der Waals surface area (Å²) >= 11 is 0. The summed E-state index contributed by atoms with van der Waals surface area (Å²) in [5.74, 6) is 0.403. The zero-order chi connectivity index (χ0) is 22.8. The van der Waals surface area contributed by atoms with Gasteiger partial charge < -0.3 is 9.47 Å². The number of halogens is 2. The summed E-state index contributed by atoms with van der Waals surface area (Å²) in [7, 11) is 0. The van der Waals surface area contributed by atoms with Gasteiger partial charge >= 0.3 is 0 Å². The fraction of sp³-hybridized carbons (Fsp3) is 0.714. The SMILES string of the molecule is CCCC1CCC(CC/C=C/C2CCC(COc3ccc(OCC)cc3)CC2)CC1(F)F. The molecule has 32 heavy (non-hydrogen) atoms. The smallest absolute Gasteiger partial charge is 0.251 e. The Morgan fingerprint density at radius 3 is 2.16 bits per heavy atom. The van der Waals surface area contributed by atoms with Crippen molar-refractivity contribution in [2.75, 3.05) is 13.2 Å². The summed E-state index contributed by atoms with van der Waals surface area (Å²) in [5, 5.41) is 0. The molecule has 2 fully saturated rings. The molecule has 2 atom stereocenters. The van der Waals surface area contributed by atoms with Gasteiger partial charge in [-0.25, -0.2) is 8.78 Å². The van der Waals surface area contributed by atoms with Crippen molar-refractivity contribution in [2.24, 2.45) is 23.7 Å². The predicted octanol–water partition coefficient (Wildman–Crippen LogP) is 8.46. The maximum atomic E-state index is 14.3. The van der Waals surface area contributed by atoms with Crippen LogP contribution in [-0.4, -0.2) is 19.1 Å². The Morgan fingerprint density at radius 1 is 0.875 bits per heavy atom. The Labute approximate surface area is 193 Å². The average Bonchev–Trinajstić information content (AvgIpc) is 2.79. The maximum Gasteiger partial charge on any atom is 0.251 e. The van der Waals surface area contributed by atoms with Crippen LogP contribution >= 0.6 is 0 Å². The number of hydrogen-bond donors (Lipinski definition) is 0. The van der Waals surface area contributed by atoms with E-state index in [-0.39, 0.29) is 18.3 Å². The first-order valence-corrected chi connectivity index (χ1v) is 12.9. The van der Waals surface area contributed by atoms with Crippen molar-refractivity contribution >= 4 is 0 Å². The first kappa shape index (κ1) is 25.1. The van der Waals surface area contributed by atoms with Crippen LogP contribution in [0.5, 0.6) is 11.5 Å². The second kappa shape index (κ2) is 12.6. The van der Waals surface area contributed by atoms with Crippen LogP contribution in [0, 0.1) is 23.7 Å². The minimum Gasteiger partial charge on any atom is -0.494 e. The third-order valence-electron chi connectivity index (χ3n) is 7.38. The quantitative estimate of drug-likeness (QED) is 0.316. The van der Waals surface area contributed by atoms with E-state index in [0.717, 1.165) is 43.8 Å². The molecular formula is C28H42F2O2. The van der Waals surface area contributed by atoms with Crippen molar-refractivity contribution < 1.29 is 18.3 Å². The zero-order valence-corrected chi connectivity index (χ0v) is 20.0. The lowest BCUT2D eigenvalue weighted by Crippen LogP contribution is -2.35. The first-order chi connectivity index (χ1) is 15.5. The van der Waals surface area contributed by atoms with Crippen LogP contribution in [0.2, 0.25) is 0 Å². The molecular weight excluding hydrogens is 406 g/mol. The molecule has 1 aromatic rings. The fourth-order valence-electron chi connectivity index (χ4n) is 5.43. The van der Waals surface area contributed by atoms with Gasteiger partial charge in [0.15, 0.2) is 0 Å². The molecule has 2 nitrogen and oxygen atoms in total. The monoisotopic (exact) mass is 448 g/mol. The molecule has 0 aromatic heterocycles. The van der Waals surface area contributed by atoms with Crippen molar-refractivity contribution in [3.8, 4) is 11.5 Å². The van der Waals surface area contributed by atoms with Gasteiger partial charge in [0.25, 0.3) is 5.92 Å². The topological polar surface area (TPSA) is 18.5 Å². The number of hydrogen-bond acceptors (Lipinski definition) is 2. The summed E-state index contributed by atoms with van der Waals surface area (Å²) in [6, 6.07) is 7.87. The van der Waals surface area contributed by atoms with Crippen molar-refractivity contribution in [1.82, 2.24) is 0 Å².